The summed E-state index contributed by atoms with van der Waals surface area (Å²) in [6.07, 6.45) is -2.40. The maximum Gasteiger partial charge on any atom is 0.405 e. The molecule has 3 rings (SSSR count). The van der Waals surface area contributed by atoms with Gasteiger partial charge in [-0.15, -0.1) is 0 Å². The van der Waals surface area contributed by atoms with Gasteiger partial charge in [-0.2, -0.15) is 13.2 Å². The van der Waals surface area contributed by atoms with E-state index in [1.165, 1.54) is 0 Å². The van der Waals surface area contributed by atoms with Crippen molar-refractivity contribution in [2.24, 2.45) is 0 Å². The Balaban J connectivity index is 1.97. The zero-order chi connectivity index (χ0) is 15.0. The molecule has 0 unspecified atom stereocenters. The van der Waals surface area contributed by atoms with Crippen molar-refractivity contribution < 1.29 is 18.0 Å². The Bertz CT molecular complexity index is 693. The molecule has 0 saturated heterocycles. The highest BCUT2D eigenvalue weighted by molar-refractivity contribution is 6.06. The Hall–Kier alpha value is -2.11. The van der Waals surface area contributed by atoms with Crippen molar-refractivity contribution >= 4 is 16.8 Å². The van der Waals surface area contributed by atoms with Crippen LogP contribution < -0.4 is 5.32 Å². The van der Waals surface area contributed by atoms with Gasteiger partial charge in [0.25, 0.3) is 5.91 Å². The number of hydrogen-bond acceptors (Lipinski definition) is 2. The van der Waals surface area contributed by atoms with Crippen molar-refractivity contribution in [1.82, 2.24) is 10.3 Å². The van der Waals surface area contributed by atoms with Gasteiger partial charge >= 0.3 is 6.18 Å². The third-order valence-electron chi connectivity index (χ3n) is 3.43. The lowest BCUT2D eigenvalue weighted by molar-refractivity contribution is -0.123. The summed E-state index contributed by atoms with van der Waals surface area (Å²) in [5.74, 6) is -0.392. The fourth-order valence-electron chi connectivity index (χ4n) is 2.25. The third-order valence-corrected chi connectivity index (χ3v) is 3.43. The standard InChI is InChI=1S/C15H13F3N2O/c16-15(17,18)8-19-14(21)11-7-13(9-5-6-9)20-12-4-2-1-3-10(11)12/h1-4,7,9H,5-6,8H2,(H,19,21). The molecular formula is C15H13F3N2O. The predicted octanol–water partition coefficient (Wildman–Crippen LogP) is 3.40. The molecular weight excluding hydrogens is 281 g/mol. The Morgan fingerprint density at radius 2 is 2.00 bits per heavy atom. The van der Waals surface area contributed by atoms with E-state index in [0.29, 0.717) is 16.8 Å². The van der Waals surface area contributed by atoms with Gasteiger partial charge in [0, 0.05) is 17.0 Å². The average Bonchev–Trinajstić information content (AvgIpc) is 3.27. The van der Waals surface area contributed by atoms with E-state index in [-0.39, 0.29) is 5.56 Å². The molecule has 1 amide bonds. The van der Waals surface area contributed by atoms with Crippen LogP contribution >= 0.6 is 0 Å². The van der Waals surface area contributed by atoms with Crippen LogP contribution in [0.2, 0.25) is 0 Å². The van der Waals surface area contributed by atoms with Crippen molar-refractivity contribution in [1.29, 1.82) is 0 Å². The van der Waals surface area contributed by atoms with Gasteiger partial charge in [-0.25, -0.2) is 0 Å². The van der Waals surface area contributed by atoms with Crippen LogP contribution in [0.1, 0.15) is 34.8 Å². The van der Waals surface area contributed by atoms with Crippen LogP contribution in [-0.4, -0.2) is 23.6 Å². The highest BCUT2D eigenvalue weighted by Crippen LogP contribution is 2.40. The number of halogens is 3. The molecule has 6 heteroatoms. The first kappa shape index (κ1) is 13.9. The molecule has 3 nitrogen and oxygen atoms in total. The van der Waals surface area contributed by atoms with Crippen LogP contribution in [0.3, 0.4) is 0 Å². The largest absolute Gasteiger partial charge is 0.405 e. The number of nitrogens with one attached hydrogen (secondary N) is 1. The minimum Gasteiger partial charge on any atom is -0.343 e. The number of amides is 1. The van der Waals surface area contributed by atoms with Crippen molar-refractivity contribution in [2.45, 2.75) is 24.9 Å². The third kappa shape index (κ3) is 3.15. The molecule has 1 aliphatic rings. The predicted molar refractivity (Wildman–Crippen MR) is 72.1 cm³/mol. The topological polar surface area (TPSA) is 42.0 Å². The summed E-state index contributed by atoms with van der Waals surface area (Å²) in [5, 5.41) is 2.50. The van der Waals surface area contributed by atoms with E-state index >= 15 is 0 Å². The van der Waals surface area contributed by atoms with Crippen LogP contribution in [0.4, 0.5) is 13.2 Å². The highest BCUT2D eigenvalue weighted by Gasteiger charge is 2.30. The summed E-state index contributed by atoms with van der Waals surface area (Å²) >= 11 is 0. The molecule has 0 radical (unpaired) electrons. The van der Waals surface area contributed by atoms with Gasteiger partial charge in [0.15, 0.2) is 0 Å². The number of para-hydroxylation sites is 1. The smallest absolute Gasteiger partial charge is 0.343 e. The monoisotopic (exact) mass is 294 g/mol. The second-order valence-electron chi connectivity index (χ2n) is 5.18. The van der Waals surface area contributed by atoms with E-state index in [1.807, 2.05) is 5.32 Å². The Morgan fingerprint density at radius 3 is 2.67 bits per heavy atom. The first-order valence-corrected chi connectivity index (χ1v) is 6.69. The van der Waals surface area contributed by atoms with Crippen molar-refractivity contribution in [3.05, 3.63) is 41.6 Å². The molecule has 21 heavy (non-hydrogen) atoms. The molecule has 1 saturated carbocycles. The summed E-state index contributed by atoms with van der Waals surface area (Å²) in [6.45, 7) is -1.33. The average molecular weight is 294 g/mol. The Morgan fingerprint density at radius 1 is 1.29 bits per heavy atom. The molecule has 1 N–H and O–H groups in total. The number of alkyl halides is 3. The van der Waals surface area contributed by atoms with Crippen molar-refractivity contribution in [2.75, 3.05) is 6.54 Å². The van der Waals surface area contributed by atoms with Crippen molar-refractivity contribution in [3.8, 4) is 0 Å². The van der Waals surface area contributed by atoms with Crippen molar-refractivity contribution in [3.63, 3.8) is 0 Å². The van der Waals surface area contributed by atoms with E-state index in [4.69, 9.17) is 0 Å². The number of rotatable bonds is 3. The fourth-order valence-corrected chi connectivity index (χ4v) is 2.25. The maximum absolute atomic E-state index is 12.2. The summed E-state index contributed by atoms with van der Waals surface area (Å²) in [7, 11) is 0. The quantitative estimate of drug-likeness (QED) is 0.942. The van der Waals surface area contributed by atoms with Crippen LogP contribution in [0.5, 0.6) is 0 Å². The summed E-state index contributed by atoms with van der Waals surface area (Å²) in [5.41, 5.74) is 1.68. The zero-order valence-corrected chi connectivity index (χ0v) is 11.1. The van der Waals surface area contributed by atoms with Gasteiger partial charge in [-0.05, 0) is 25.0 Å². The number of benzene rings is 1. The molecule has 1 aromatic heterocycles. The maximum atomic E-state index is 12.2. The van der Waals surface area contributed by atoms with Crippen LogP contribution in [0, 0.1) is 0 Å². The Labute approximate surface area is 119 Å². The molecule has 0 bridgehead atoms. The first-order chi connectivity index (χ1) is 9.94. The van der Waals surface area contributed by atoms with Crippen LogP contribution in [0.25, 0.3) is 10.9 Å². The van der Waals surface area contributed by atoms with Gasteiger partial charge in [-0.1, -0.05) is 18.2 Å². The number of pyridine rings is 1. The lowest BCUT2D eigenvalue weighted by atomic mass is 10.1. The molecule has 0 atom stereocenters. The van der Waals surface area contributed by atoms with Gasteiger partial charge in [0.05, 0.1) is 11.1 Å². The SMILES string of the molecule is O=C(NCC(F)(F)F)c1cc(C2CC2)nc2ccccc12. The zero-order valence-electron chi connectivity index (χ0n) is 11.1. The number of hydrogen-bond donors (Lipinski definition) is 1. The normalized spacial score (nSPS) is 15.2. The molecule has 1 heterocycles. The number of carbonyl (C=O) groups is 1. The fraction of sp³-hybridized carbons (Fsp3) is 0.333. The van der Waals surface area contributed by atoms with E-state index in [0.717, 1.165) is 18.5 Å². The van der Waals surface area contributed by atoms with E-state index in [9.17, 15) is 18.0 Å². The molecule has 1 fully saturated rings. The molecule has 1 aliphatic carbocycles. The van der Waals surface area contributed by atoms with E-state index in [2.05, 4.69) is 4.98 Å². The highest BCUT2D eigenvalue weighted by atomic mass is 19.4. The molecule has 1 aromatic carbocycles. The Kier molecular flexibility index (Phi) is 3.31. The minimum atomic E-state index is -4.42. The molecule has 2 aromatic rings. The molecule has 0 aliphatic heterocycles. The number of nitrogens with zero attached hydrogens (tertiary/aromatic N) is 1. The molecule has 110 valence electrons. The lowest BCUT2D eigenvalue weighted by Gasteiger charge is -2.11. The second-order valence-corrected chi connectivity index (χ2v) is 5.18. The summed E-state index contributed by atoms with van der Waals surface area (Å²) in [6, 6.07) is 8.61. The van der Waals surface area contributed by atoms with Gasteiger partial charge in [-0.3, -0.25) is 9.78 Å². The summed E-state index contributed by atoms with van der Waals surface area (Å²) < 4.78 is 36.7. The van der Waals surface area contributed by atoms with Gasteiger partial charge in [0.1, 0.15) is 6.54 Å². The first-order valence-electron chi connectivity index (χ1n) is 6.69. The minimum absolute atomic E-state index is 0.256. The molecule has 0 spiro atoms. The van der Waals surface area contributed by atoms with Gasteiger partial charge < -0.3 is 5.32 Å². The second kappa shape index (κ2) is 5.02. The summed E-state index contributed by atoms with van der Waals surface area (Å²) in [4.78, 5) is 16.5. The number of aromatic nitrogens is 1. The van der Waals surface area contributed by atoms with Gasteiger partial charge in [0.2, 0.25) is 0 Å². The van der Waals surface area contributed by atoms with Crippen LogP contribution in [0.15, 0.2) is 30.3 Å². The van der Waals surface area contributed by atoms with E-state index in [1.54, 1.807) is 30.3 Å². The van der Waals surface area contributed by atoms with E-state index < -0.39 is 18.6 Å². The number of fused-ring (bicyclic) bond motifs is 1. The van der Waals surface area contributed by atoms with Crippen LogP contribution in [-0.2, 0) is 0 Å². The lowest BCUT2D eigenvalue weighted by Crippen LogP contribution is -2.33. The number of carbonyl (C=O) groups excluding carboxylic acids is 1.